The summed E-state index contributed by atoms with van der Waals surface area (Å²) in [6, 6.07) is 14.7. The SMILES string of the molecule is Cc1ccc(NC(=O)c2cnn3c2NC2=C(C(=O)CC(C)(C)C2)C3c2cccc(Cl)c2)cc1. The van der Waals surface area contributed by atoms with Crippen molar-refractivity contribution in [3.63, 3.8) is 0 Å². The Kier molecular flexibility index (Phi) is 5.13. The Balaban J connectivity index is 1.59. The van der Waals surface area contributed by atoms with Crippen LogP contribution >= 0.6 is 11.6 Å². The van der Waals surface area contributed by atoms with Crippen LogP contribution in [0.1, 0.15) is 54.2 Å². The van der Waals surface area contributed by atoms with E-state index in [-0.39, 0.29) is 17.1 Å². The fourth-order valence-corrected chi connectivity index (χ4v) is 4.90. The van der Waals surface area contributed by atoms with Gasteiger partial charge in [-0.15, -0.1) is 0 Å². The zero-order chi connectivity index (χ0) is 23.3. The molecule has 1 unspecified atom stereocenters. The molecule has 2 aliphatic rings. The molecule has 1 amide bonds. The van der Waals surface area contributed by atoms with E-state index in [1.807, 2.05) is 49.4 Å². The number of benzene rings is 2. The molecule has 5 rings (SSSR count). The highest BCUT2D eigenvalue weighted by Gasteiger charge is 2.42. The van der Waals surface area contributed by atoms with Gasteiger partial charge in [-0.3, -0.25) is 9.59 Å². The molecule has 1 atom stereocenters. The molecule has 2 aromatic carbocycles. The Labute approximate surface area is 197 Å². The summed E-state index contributed by atoms with van der Waals surface area (Å²) in [5.41, 5.74) is 4.47. The maximum atomic E-state index is 13.3. The molecule has 7 heteroatoms. The molecular weight excluding hydrogens is 436 g/mol. The van der Waals surface area contributed by atoms with Crippen LogP contribution in [0.2, 0.25) is 5.02 Å². The molecule has 2 heterocycles. The molecule has 6 nitrogen and oxygen atoms in total. The molecule has 0 radical (unpaired) electrons. The second kappa shape index (κ2) is 7.89. The number of allylic oxidation sites excluding steroid dienone is 2. The predicted octanol–water partition coefficient (Wildman–Crippen LogP) is 5.76. The highest BCUT2D eigenvalue weighted by Crippen LogP contribution is 2.46. The minimum Gasteiger partial charge on any atom is -0.343 e. The van der Waals surface area contributed by atoms with Crippen LogP contribution in [0.4, 0.5) is 11.5 Å². The summed E-state index contributed by atoms with van der Waals surface area (Å²) >= 11 is 6.29. The third-order valence-corrected chi connectivity index (χ3v) is 6.46. The van der Waals surface area contributed by atoms with Gasteiger partial charge in [-0.2, -0.15) is 5.10 Å². The van der Waals surface area contributed by atoms with Crippen molar-refractivity contribution in [1.82, 2.24) is 9.78 Å². The number of nitrogens with zero attached hydrogens (tertiary/aromatic N) is 2. The third-order valence-electron chi connectivity index (χ3n) is 6.22. The van der Waals surface area contributed by atoms with Crippen molar-refractivity contribution in [2.75, 3.05) is 10.6 Å². The van der Waals surface area contributed by atoms with Crippen molar-refractivity contribution in [3.8, 4) is 0 Å². The van der Waals surface area contributed by atoms with Gasteiger partial charge in [0.05, 0.1) is 6.20 Å². The van der Waals surface area contributed by atoms with Crippen LogP contribution in [0.5, 0.6) is 0 Å². The average Bonchev–Trinajstić information content (AvgIpc) is 3.16. The molecule has 1 aliphatic heterocycles. The summed E-state index contributed by atoms with van der Waals surface area (Å²) in [6.07, 6.45) is 2.72. The molecule has 0 spiro atoms. The van der Waals surface area contributed by atoms with E-state index in [0.29, 0.717) is 40.5 Å². The first-order valence-electron chi connectivity index (χ1n) is 11.0. The minimum absolute atomic E-state index is 0.0885. The largest absolute Gasteiger partial charge is 0.343 e. The Bertz CT molecular complexity index is 1300. The van der Waals surface area contributed by atoms with Crippen LogP contribution in [-0.2, 0) is 4.79 Å². The average molecular weight is 461 g/mol. The van der Waals surface area contributed by atoms with Gasteiger partial charge in [0.1, 0.15) is 17.4 Å². The number of ketones is 1. The Hall–Kier alpha value is -3.38. The van der Waals surface area contributed by atoms with Crippen LogP contribution in [-0.4, -0.2) is 21.5 Å². The van der Waals surface area contributed by atoms with E-state index < -0.39 is 6.04 Å². The molecule has 0 saturated carbocycles. The monoisotopic (exact) mass is 460 g/mol. The maximum absolute atomic E-state index is 13.3. The van der Waals surface area contributed by atoms with E-state index in [0.717, 1.165) is 16.8 Å². The number of anilines is 2. The number of carbonyl (C=O) groups is 2. The van der Waals surface area contributed by atoms with Gasteiger partial charge in [-0.05, 0) is 48.6 Å². The first-order valence-corrected chi connectivity index (χ1v) is 11.3. The molecule has 0 bridgehead atoms. The zero-order valence-corrected chi connectivity index (χ0v) is 19.5. The predicted molar refractivity (Wildman–Crippen MR) is 130 cm³/mol. The van der Waals surface area contributed by atoms with Crippen molar-refractivity contribution in [3.05, 3.63) is 87.7 Å². The molecule has 168 valence electrons. The lowest BCUT2D eigenvalue weighted by Gasteiger charge is -2.39. The highest BCUT2D eigenvalue weighted by molar-refractivity contribution is 6.30. The van der Waals surface area contributed by atoms with Gasteiger partial charge >= 0.3 is 0 Å². The van der Waals surface area contributed by atoms with Crippen LogP contribution in [0.25, 0.3) is 0 Å². The van der Waals surface area contributed by atoms with Crippen molar-refractivity contribution in [2.45, 2.75) is 39.7 Å². The lowest BCUT2D eigenvalue weighted by molar-refractivity contribution is -0.118. The maximum Gasteiger partial charge on any atom is 0.261 e. The van der Waals surface area contributed by atoms with Crippen molar-refractivity contribution < 1.29 is 9.59 Å². The van der Waals surface area contributed by atoms with Crippen molar-refractivity contribution in [1.29, 1.82) is 0 Å². The number of aromatic nitrogens is 2. The van der Waals surface area contributed by atoms with Gasteiger partial charge < -0.3 is 10.6 Å². The smallest absolute Gasteiger partial charge is 0.261 e. The first kappa shape index (κ1) is 21.5. The fourth-order valence-electron chi connectivity index (χ4n) is 4.70. The van der Waals surface area contributed by atoms with Gasteiger partial charge in [-0.1, -0.05) is 55.3 Å². The van der Waals surface area contributed by atoms with E-state index >= 15 is 0 Å². The van der Waals surface area contributed by atoms with E-state index in [2.05, 4.69) is 29.6 Å². The molecular formula is C26H25ClN4O2. The van der Waals surface area contributed by atoms with Crippen LogP contribution < -0.4 is 10.6 Å². The fraction of sp³-hybridized carbons (Fsp3) is 0.269. The van der Waals surface area contributed by atoms with Crippen molar-refractivity contribution >= 4 is 34.8 Å². The topological polar surface area (TPSA) is 76.0 Å². The van der Waals surface area contributed by atoms with E-state index in [1.165, 1.54) is 0 Å². The summed E-state index contributed by atoms with van der Waals surface area (Å²) < 4.78 is 1.73. The number of nitrogens with one attached hydrogen (secondary N) is 2. The van der Waals surface area contributed by atoms with Gasteiger partial charge in [0, 0.05) is 28.4 Å². The van der Waals surface area contributed by atoms with E-state index in [4.69, 9.17) is 11.6 Å². The summed E-state index contributed by atoms with van der Waals surface area (Å²) in [7, 11) is 0. The Morgan fingerprint density at radius 3 is 2.67 bits per heavy atom. The molecule has 2 N–H and O–H groups in total. The molecule has 1 aromatic heterocycles. The molecule has 0 fully saturated rings. The van der Waals surface area contributed by atoms with E-state index in [1.54, 1.807) is 16.9 Å². The Morgan fingerprint density at radius 1 is 1.18 bits per heavy atom. The highest BCUT2D eigenvalue weighted by atomic mass is 35.5. The zero-order valence-electron chi connectivity index (χ0n) is 18.8. The minimum atomic E-state index is -0.445. The van der Waals surface area contributed by atoms with Crippen LogP contribution in [0, 0.1) is 12.3 Å². The molecule has 1 aliphatic carbocycles. The summed E-state index contributed by atoms with van der Waals surface area (Å²) in [5.74, 6) is 0.405. The summed E-state index contributed by atoms with van der Waals surface area (Å²) in [5, 5.41) is 11.5. The third kappa shape index (κ3) is 3.95. The number of amides is 1. The number of hydrogen-bond donors (Lipinski definition) is 2. The van der Waals surface area contributed by atoms with Crippen LogP contribution in [0.3, 0.4) is 0 Å². The lowest BCUT2D eigenvalue weighted by atomic mass is 9.73. The number of halogens is 1. The standard InChI is InChI=1S/C26H25ClN4O2/c1-15-7-9-18(10-8-15)29-25(33)19-14-28-31-23(16-5-4-6-17(27)11-16)22-20(30-24(19)31)12-26(2,3)13-21(22)32/h4-11,14,23,30H,12-13H2,1-3H3,(H,29,33). The molecule has 0 saturated heterocycles. The van der Waals surface area contributed by atoms with Gasteiger partial charge in [0.25, 0.3) is 5.91 Å². The van der Waals surface area contributed by atoms with E-state index in [9.17, 15) is 9.59 Å². The number of fused-ring (bicyclic) bond motifs is 1. The quantitative estimate of drug-likeness (QED) is 0.521. The van der Waals surface area contributed by atoms with Gasteiger partial charge in [-0.25, -0.2) is 4.68 Å². The summed E-state index contributed by atoms with van der Waals surface area (Å²) in [6.45, 7) is 6.17. The number of carbonyl (C=O) groups excluding carboxylic acids is 2. The van der Waals surface area contributed by atoms with Crippen molar-refractivity contribution in [2.24, 2.45) is 5.41 Å². The van der Waals surface area contributed by atoms with Crippen LogP contribution in [0.15, 0.2) is 66.0 Å². The van der Waals surface area contributed by atoms with Gasteiger partial charge in [0.2, 0.25) is 0 Å². The number of Topliss-reactive ketones (excluding diaryl/α,β-unsaturated/α-hetero) is 1. The molecule has 3 aromatic rings. The number of aryl methyl sites for hydroxylation is 1. The summed E-state index contributed by atoms with van der Waals surface area (Å²) in [4.78, 5) is 26.5. The second-order valence-electron chi connectivity index (χ2n) is 9.59. The second-order valence-corrected chi connectivity index (χ2v) is 10.0. The Morgan fingerprint density at radius 2 is 1.94 bits per heavy atom. The normalized spacial score (nSPS) is 18.9. The van der Waals surface area contributed by atoms with Gasteiger partial charge in [0.15, 0.2) is 5.78 Å². The molecule has 33 heavy (non-hydrogen) atoms. The number of rotatable bonds is 3. The first-order chi connectivity index (χ1) is 15.7. The lowest BCUT2D eigenvalue weighted by Crippen LogP contribution is -2.37. The number of hydrogen-bond acceptors (Lipinski definition) is 4.